The van der Waals surface area contributed by atoms with Crippen LogP contribution in [0.1, 0.15) is 24.6 Å². The molecule has 2 aliphatic heterocycles. The van der Waals surface area contributed by atoms with Crippen molar-refractivity contribution in [2.45, 2.75) is 37.9 Å². The molecule has 1 amide bonds. The summed E-state index contributed by atoms with van der Waals surface area (Å²) in [7, 11) is 0. The topological polar surface area (TPSA) is 70.1 Å². The maximum atomic E-state index is 12.4. The predicted molar refractivity (Wildman–Crippen MR) is 98.3 cm³/mol. The summed E-state index contributed by atoms with van der Waals surface area (Å²) < 4.78 is 37.5. The fourth-order valence-corrected chi connectivity index (χ4v) is 4.26. The molecule has 2 aliphatic rings. The van der Waals surface area contributed by atoms with E-state index in [9.17, 15) is 18.0 Å². The van der Waals surface area contributed by atoms with Gasteiger partial charge in [0.2, 0.25) is 5.91 Å². The van der Waals surface area contributed by atoms with Crippen molar-refractivity contribution in [3.63, 3.8) is 0 Å². The van der Waals surface area contributed by atoms with Crippen LogP contribution in [0.4, 0.5) is 13.2 Å². The summed E-state index contributed by atoms with van der Waals surface area (Å²) in [5.74, 6) is -2.49. The first kappa shape index (κ1) is 22.6. The Kier molecular flexibility index (Phi) is 7.85. The van der Waals surface area contributed by atoms with Gasteiger partial charge in [-0.3, -0.25) is 9.69 Å². The normalized spacial score (nSPS) is 19.8. The standard InChI is InChI=1S/C16H24N2O2S.C2HF3O2/c1-2-18-9-10-20-13-16(18)5-7-17(8-6-16)15(19)12-14-4-3-11-21-14;3-2(4,5)1(6)7/h3-4,11H,2,5-10,12-13H2,1H3;(H,6,7). The minimum atomic E-state index is -5.08. The number of thiophene rings is 1. The van der Waals surface area contributed by atoms with Crippen molar-refractivity contribution in [1.29, 1.82) is 0 Å². The maximum Gasteiger partial charge on any atom is 0.490 e. The maximum absolute atomic E-state index is 12.4. The number of carbonyl (C=O) groups is 2. The van der Waals surface area contributed by atoms with Crippen LogP contribution in [-0.4, -0.2) is 77.9 Å². The highest BCUT2D eigenvalue weighted by molar-refractivity contribution is 7.10. The van der Waals surface area contributed by atoms with Crippen molar-refractivity contribution in [1.82, 2.24) is 9.80 Å². The molecule has 1 N–H and O–H groups in total. The van der Waals surface area contributed by atoms with Crippen LogP contribution >= 0.6 is 11.3 Å². The molecule has 0 saturated carbocycles. The molecular weight excluding hydrogens is 397 g/mol. The number of morpholine rings is 1. The Balaban J connectivity index is 0.000000345. The third-order valence-electron chi connectivity index (χ3n) is 5.12. The average Bonchev–Trinajstić information content (AvgIpc) is 3.15. The van der Waals surface area contributed by atoms with Gasteiger partial charge in [0.25, 0.3) is 0 Å². The van der Waals surface area contributed by atoms with E-state index in [-0.39, 0.29) is 11.4 Å². The van der Waals surface area contributed by atoms with E-state index in [2.05, 4.69) is 11.8 Å². The number of nitrogens with zero attached hydrogens (tertiary/aromatic N) is 2. The number of hydrogen-bond donors (Lipinski definition) is 1. The Morgan fingerprint density at radius 2 is 1.93 bits per heavy atom. The summed E-state index contributed by atoms with van der Waals surface area (Å²) in [5, 5.41) is 9.16. The molecule has 1 aromatic heterocycles. The number of aliphatic carboxylic acids is 1. The van der Waals surface area contributed by atoms with Crippen molar-refractivity contribution in [2.24, 2.45) is 0 Å². The van der Waals surface area contributed by atoms with Crippen LogP contribution in [0, 0.1) is 0 Å². The van der Waals surface area contributed by atoms with E-state index < -0.39 is 12.1 Å². The lowest BCUT2D eigenvalue weighted by Gasteiger charge is -2.50. The number of amides is 1. The largest absolute Gasteiger partial charge is 0.490 e. The number of carbonyl (C=O) groups excluding carboxylic acids is 1. The quantitative estimate of drug-likeness (QED) is 0.811. The molecule has 28 heavy (non-hydrogen) atoms. The van der Waals surface area contributed by atoms with Gasteiger partial charge in [-0.25, -0.2) is 4.79 Å². The number of carboxylic acid groups (broad SMARTS) is 1. The first-order valence-electron chi connectivity index (χ1n) is 9.11. The summed E-state index contributed by atoms with van der Waals surface area (Å²) >= 11 is 1.67. The molecule has 1 aromatic rings. The number of likely N-dealkylation sites (tertiary alicyclic amines) is 1. The number of carboxylic acids is 1. The van der Waals surface area contributed by atoms with Crippen molar-refractivity contribution in [3.05, 3.63) is 22.4 Å². The molecule has 3 rings (SSSR count). The van der Waals surface area contributed by atoms with E-state index in [0.29, 0.717) is 6.42 Å². The van der Waals surface area contributed by atoms with Crippen LogP contribution in [0.2, 0.25) is 0 Å². The molecule has 0 atom stereocenters. The number of ether oxygens (including phenoxy) is 1. The summed E-state index contributed by atoms with van der Waals surface area (Å²) in [4.78, 5) is 27.0. The molecule has 2 saturated heterocycles. The number of likely N-dealkylation sites (N-methyl/N-ethyl adjacent to an activating group) is 1. The minimum absolute atomic E-state index is 0.173. The Hall–Kier alpha value is -1.65. The lowest BCUT2D eigenvalue weighted by molar-refractivity contribution is -0.192. The zero-order valence-corrected chi connectivity index (χ0v) is 16.5. The molecule has 1 spiro atoms. The van der Waals surface area contributed by atoms with E-state index in [1.165, 1.54) is 0 Å². The fraction of sp³-hybridized carbons (Fsp3) is 0.667. The first-order valence-corrected chi connectivity index (χ1v) is 9.99. The number of piperidine rings is 1. The van der Waals surface area contributed by atoms with Crippen LogP contribution in [0.3, 0.4) is 0 Å². The molecular formula is C18H25F3N2O4S. The van der Waals surface area contributed by atoms with Crippen molar-refractivity contribution in [3.8, 4) is 0 Å². The molecule has 0 unspecified atom stereocenters. The number of rotatable bonds is 3. The van der Waals surface area contributed by atoms with Gasteiger partial charge in [0, 0.05) is 30.1 Å². The van der Waals surface area contributed by atoms with E-state index in [4.69, 9.17) is 14.6 Å². The van der Waals surface area contributed by atoms with Crippen molar-refractivity contribution < 1.29 is 32.6 Å². The predicted octanol–water partition coefficient (Wildman–Crippen LogP) is 2.64. The molecule has 0 aliphatic carbocycles. The second kappa shape index (κ2) is 9.71. The van der Waals surface area contributed by atoms with Crippen LogP contribution in [0.5, 0.6) is 0 Å². The van der Waals surface area contributed by atoms with Crippen LogP contribution in [-0.2, 0) is 20.7 Å². The van der Waals surface area contributed by atoms with Gasteiger partial charge < -0.3 is 14.7 Å². The van der Waals surface area contributed by atoms with Crippen LogP contribution < -0.4 is 0 Å². The first-order chi connectivity index (χ1) is 13.2. The monoisotopic (exact) mass is 422 g/mol. The molecule has 0 aromatic carbocycles. The zero-order chi connectivity index (χ0) is 20.8. The second-order valence-corrected chi connectivity index (χ2v) is 7.83. The zero-order valence-electron chi connectivity index (χ0n) is 15.7. The Morgan fingerprint density at radius 1 is 1.29 bits per heavy atom. The number of halogens is 3. The summed E-state index contributed by atoms with van der Waals surface area (Å²) in [6.07, 6.45) is -2.45. The average molecular weight is 422 g/mol. The van der Waals surface area contributed by atoms with E-state index in [0.717, 1.165) is 57.1 Å². The lowest BCUT2D eigenvalue weighted by atomic mass is 9.85. The highest BCUT2D eigenvalue weighted by Gasteiger charge is 2.42. The fourth-order valence-electron chi connectivity index (χ4n) is 3.57. The Labute approximate surface area is 165 Å². The molecule has 2 fully saturated rings. The smallest absolute Gasteiger partial charge is 0.475 e. The van der Waals surface area contributed by atoms with Gasteiger partial charge in [-0.1, -0.05) is 13.0 Å². The van der Waals surface area contributed by atoms with Gasteiger partial charge in [-0.15, -0.1) is 11.3 Å². The van der Waals surface area contributed by atoms with Crippen molar-refractivity contribution >= 4 is 23.2 Å². The third-order valence-corrected chi connectivity index (χ3v) is 6.00. The second-order valence-electron chi connectivity index (χ2n) is 6.80. The molecule has 0 radical (unpaired) electrons. The van der Waals surface area contributed by atoms with Crippen LogP contribution in [0.15, 0.2) is 17.5 Å². The highest BCUT2D eigenvalue weighted by Crippen LogP contribution is 2.31. The van der Waals surface area contributed by atoms with Gasteiger partial charge in [0.05, 0.1) is 19.6 Å². The van der Waals surface area contributed by atoms with Crippen LogP contribution in [0.25, 0.3) is 0 Å². The summed E-state index contributed by atoms with van der Waals surface area (Å²) in [6, 6.07) is 4.05. The minimum Gasteiger partial charge on any atom is -0.475 e. The van der Waals surface area contributed by atoms with Gasteiger partial charge in [-0.05, 0) is 30.8 Å². The van der Waals surface area contributed by atoms with Gasteiger partial charge in [0.1, 0.15) is 0 Å². The molecule has 10 heteroatoms. The highest BCUT2D eigenvalue weighted by atomic mass is 32.1. The number of hydrogen-bond acceptors (Lipinski definition) is 5. The Bertz CT molecular complexity index is 644. The van der Waals surface area contributed by atoms with E-state index in [1.54, 1.807) is 11.3 Å². The van der Waals surface area contributed by atoms with E-state index >= 15 is 0 Å². The van der Waals surface area contributed by atoms with Gasteiger partial charge in [-0.2, -0.15) is 13.2 Å². The van der Waals surface area contributed by atoms with Crippen molar-refractivity contribution in [2.75, 3.05) is 39.4 Å². The number of alkyl halides is 3. The van der Waals surface area contributed by atoms with E-state index in [1.807, 2.05) is 22.4 Å². The molecule has 158 valence electrons. The SMILES string of the molecule is CCN1CCOCC12CCN(C(=O)Cc1cccs1)CC2.O=C(O)C(F)(F)F. The summed E-state index contributed by atoms with van der Waals surface area (Å²) in [5.41, 5.74) is 0.173. The lowest BCUT2D eigenvalue weighted by Crippen LogP contribution is -2.61. The van der Waals surface area contributed by atoms with Gasteiger partial charge in [0.15, 0.2) is 0 Å². The molecule has 0 bridgehead atoms. The summed E-state index contributed by atoms with van der Waals surface area (Å²) in [6.45, 7) is 7.73. The Morgan fingerprint density at radius 3 is 2.43 bits per heavy atom. The molecule has 6 nitrogen and oxygen atoms in total. The van der Waals surface area contributed by atoms with Gasteiger partial charge >= 0.3 is 12.1 Å². The third kappa shape index (κ3) is 5.92. The molecule has 3 heterocycles.